The summed E-state index contributed by atoms with van der Waals surface area (Å²) in [4.78, 5) is 8.91. The summed E-state index contributed by atoms with van der Waals surface area (Å²) in [5.74, 6) is 1.92. The lowest BCUT2D eigenvalue weighted by atomic mass is 10.3. The molecule has 0 aliphatic carbocycles. The Balaban J connectivity index is 1.95. The fourth-order valence-electron chi connectivity index (χ4n) is 2.25. The second-order valence-corrected chi connectivity index (χ2v) is 5.20. The highest BCUT2D eigenvalue weighted by atomic mass is 16.5. The van der Waals surface area contributed by atoms with Crippen molar-refractivity contribution in [3.63, 3.8) is 0 Å². The molecular formula is C15H19N5O2. The van der Waals surface area contributed by atoms with E-state index in [9.17, 15) is 5.11 Å². The van der Waals surface area contributed by atoms with Crippen LogP contribution in [0.1, 0.15) is 25.6 Å². The molecule has 3 aromatic rings. The Morgan fingerprint density at radius 3 is 2.86 bits per heavy atom. The van der Waals surface area contributed by atoms with Gasteiger partial charge in [-0.1, -0.05) is 24.2 Å². The molecule has 0 saturated carbocycles. The van der Waals surface area contributed by atoms with Gasteiger partial charge < -0.3 is 19.5 Å². The first-order chi connectivity index (χ1) is 10.7. The number of rotatable bonds is 6. The third-order valence-electron chi connectivity index (χ3n) is 3.32. The fraction of sp³-hybridized carbons (Fsp3) is 0.400. The standard InChI is InChI=1S/C15H19N5O2/c1-3-14-18-13(19-22-14)9-20-12-7-5-4-6-11(12)17-15(20)16-8-10(2)21/h4-7,10,21H,3,8-9H2,1-2H3,(H,16,17). The zero-order valence-electron chi connectivity index (χ0n) is 12.7. The van der Waals surface area contributed by atoms with Gasteiger partial charge in [-0.05, 0) is 19.1 Å². The van der Waals surface area contributed by atoms with Gasteiger partial charge in [-0.3, -0.25) is 0 Å². The summed E-state index contributed by atoms with van der Waals surface area (Å²) in [5, 5.41) is 16.6. The second kappa shape index (κ2) is 6.15. The van der Waals surface area contributed by atoms with Crippen LogP contribution in [-0.2, 0) is 13.0 Å². The lowest BCUT2D eigenvalue weighted by Crippen LogP contribution is -2.18. The second-order valence-electron chi connectivity index (χ2n) is 5.20. The molecule has 0 aliphatic rings. The van der Waals surface area contributed by atoms with Crippen molar-refractivity contribution in [1.82, 2.24) is 19.7 Å². The number of nitrogens with zero attached hydrogens (tertiary/aromatic N) is 4. The Hall–Kier alpha value is -2.41. The minimum Gasteiger partial charge on any atom is -0.392 e. The number of aliphatic hydroxyl groups excluding tert-OH is 1. The molecule has 2 N–H and O–H groups in total. The Kier molecular flexibility index (Phi) is 4.06. The molecule has 1 unspecified atom stereocenters. The molecule has 0 aliphatic heterocycles. The maximum Gasteiger partial charge on any atom is 0.226 e. The first-order valence-corrected chi connectivity index (χ1v) is 7.36. The third-order valence-corrected chi connectivity index (χ3v) is 3.32. The summed E-state index contributed by atoms with van der Waals surface area (Å²) >= 11 is 0. The number of benzene rings is 1. The predicted molar refractivity (Wildman–Crippen MR) is 82.7 cm³/mol. The van der Waals surface area contributed by atoms with Crippen LogP contribution in [0.5, 0.6) is 0 Å². The van der Waals surface area contributed by atoms with E-state index >= 15 is 0 Å². The number of hydrogen-bond donors (Lipinski definition) is 2. The summed E-state index contributed by atoms with van der Waals surface area (Å²) in [5.41, 5.74) is 1.87. The molecule has 1 aromatic carbocycles. The fourth-order valence-corrected chi connectivity index (χ4v) is 2.25. The topological polar surface area (TPSA) is 89.0 Å². The molecule has 116 valence electrons. The quantitative estimate of drug-likeness (QED) is 0.722. The van der Waals surface area contributed by atoms with Crippen LogP contribution in [0.2, 0.25) is 0 Å². The van der Waals surface area contributed by atoms with Gasteiger partial charge in [0.2, 0.25) is 11.8 Å². The maximum atomic E-state index is 9.47. The number of fused-ring (bicyclic) bond motifs is 1. The van der Waals surface area contributed by atoms with Crippen molar-refractivity contribution in [2.24, 2.45) is 0 Å². The number of hydrogen-bond acceptors (Lipinski definition) is 6. The SMILES string of the molecule is CCc1nc(Cn2c(NCC(C)O)nc3ccccc32)no1. The Bertz CT molecular complexity index is 762. The van der Waals surface area contributed by atoms with Crippen LogP contribution in [0.4, 0.5) is 5.95 Å². The molecule has 22 heavy (non-hydrogen) atoms. The van der Waals surface area contributed by atoms with Crippen LogP contribution in [0.25, 0.3) is 11.0 Å². The van der Waals surface area contributed by atoms with Gasteiger partial charge in [0.1, 0.15) is 0 Å². The van der Waals surface area contributed by atoms with Gasteiger partial charge in [-0.25, -0.2) is 4.98 Å². The van der Waals surface area contributed by atoms with Crippen LogP contribution in [0, 0.1) is 0 Å². The molecule has 0 saturated heterocycles. The molecular weight excluding hydrogens is 282 g/mol. The average molecular weight is 301 g/mol. The van der Waals surface area contributed by atoms with E-state index < -0.39 is 6.10 Å². The zero-order valence-corrected chi connectivity index (χ0v) is 12.7. The monoisotopic (exact) mass is 301 g/mol. The molecule has 2 heterocycles. The molecule has 0 amide bonds. The maximum absolute atomic E-state index is 9.47. The number of anilines is 1. The predicted octanol–water partition coefficient (Wildman–Crippen LogP) is 1.82. The number of aryl methyl sites for hydroxylation is 1. The third kappa shape index (κ3) is 2.94. The van der Waals surface area contributed by atoms with Gasteiger partial charge in [0.25, 0.3) is 0 Å². The number of aromatic nitrogens is 4. The van der Waals surface area contributed by atoms with Crippen LogP contribution in [-0.4, -0.2) is 37.4 Å². The Morgan fingerprint density at radius 2 is 2.14 bits per heavy atom. The summed E-state index contributed by atoms with van der Waals surface area (Å²) in [6, 6.07) is 7.86. The molecule has 0 spiro atoms. The molecule has 2 aromatic heterocycles. The van der Waals surface area contributed by atoms with Crippen molar-refractivity contribution >= 4 is 17.0 Å². The van der Waals surface area contributed by atoms with E-state index in [-0.39, 0.29) is 0 Å². The lowest BCUT2D eigenvalue weighted by molar-refractivity contribution is 0.208. The van der Waals surface area contributed by atoms with Crippen molar-refractivity contribution in [3.8, 4) is 0 Å². The van der Waals surface area contributed by atoms with Crippen LogP contribution in [0.3, 0.4) is 0 Å². The Morgan fingerprint density at radius 1 is 1.32 bits per heavy atom. The number of para-hydroxylation sites is 2. The van der Waals surface area contributed by atoms with E-state index in [1.807, 2.05) is 35.8 Å². The highest BCUT2D eigenvalue weighted by Crippen LogP contribution is 2.20. The lowest BCUT2D eigenvalue weighted by Gasteiger charge is -2.10. The number of imidazole rings is 1. The molecule has 0 radical (unpaired) electrons. The Labute approximate surface area is 128 Å². The van der Waals surface area contributed by atoms with Crippen molar-refractivity contribution in [1.29, 1.82) is 0 Å². The largest absolute Gasteiger partial charge is 0.392 e. The van der Waals surface area contributed by atoms with Gasteiger partial charge in [-0.15, -0.1) is 0 Å². The molecule has 0 bridgehead atoms. The first-order valence-electron chi connectivity index (χ1n) is 7.36. The van der Waals surface area contributed by atoms with E-state index in [1.165, 1.54) is 0 Å². The van der Waals surface area contributed by atoms with Crippen LogP contribution in [0.15, 0.2) is 28.8 Å². The minimum absolute atomic E-state index is 0.426. The normalized spacial score (nSPS) is 12.7. The summed E-state index contributed by atoms with van der Waals surface area (Å²) in [7, 11) is 0. The van der Waals surface area contributed by atoms with E-state index in [2.05, 4.69) is 20.4 Å². The van der Waals surface area contributed by atoms with Gasteiger partial charge in [0.15, 0.2) is 5.82 Å². The highest BCUT2D eigenvalue weighted by Gasteiger charge is 2.14. The van der Waals surface area contributed by atoms with Gasteiger partial charge in [0.05, 0.1) is 23.7 Å². The van der Waals surface area contributed by atoms with E-state index in [1.54, 1.807) is 6.92 Å². The van der Waals surface area contributed by atoms with Crippen LogP contribution >= 0.6 is 0 Å². The minimum atomic E-state index is -0.454. The van der Waals surface area contributed by atoms with E-state index in [4.69, 9.17) is 4.52 Å². The summed E-state index contributed by atoms with van der Waals surface area (Å²) in [6.07, 6.45) is 0.260. The van der Waals surface area contributed by atoms with E-state index in [0.717, 1.165) is 11.0 Å². The summed E-state index contributed by atoms with van der Waals surface area (Å²) in [6.45, 7) is 4.59. The van der Waals surface area contributed by atoms with E-state index in [0.29, 0.717) is 37.2 Å². The smallest absolute Gasteiger partial charge is 0.226 e. The molecule has 3 rings (SSSR count). The number of aliphatic hydroxyl groups is 1. The van der Waals surface area contributed by atoms with Gasteiger partial charge in [0, 0.05) is 13.0 Å². The molecule has 7 nitrogen and oxygen atoms in total. The highest BCUT2D eigenvalue weighted by molar-refractivity contribution is 5.78. The van der Waals surface area contributed by atoms with Gasteiger partial charge in [-0.2, -0.15) is 4.98 Å². The molecule has 0 fully saturated rings. The molecule has 1 atom stereocenters. The van der Waals surface area contributed by atoms with Crippen molar-refractivity contribution in [2.45, 2.75) is 32.9 Å². The molecule has 7 heteroatoms. The zero-order chi connectivity index (χ0) is 15.5. The van der Waals surface area contributed by atoms with Crippen LogP contribution < -0.4 is 5.32 Å². The van der Waals surface area contributed by atoms with Crippen molar-refractivity contribution in [2.75, 3.05) is 11.9 Å². The average Bonchev–Trinajstić information content (AvgIpc) is 3.10. The first kappa shape index (κ1) is 14.5. The van der Waals surface area contributed by atoms with Gasteiger partial charge >= 0.3 is 0 Å². The number of nitrogens with one attached hydrogen (secondary N) is 1. The summed E-state index contributed by atoms with van der Waals surface area (Å²) < 4.78 is 7.15. The van der Waals surface area contributed by atoms with Crippen molar-refractivity contribution in [3.05, 3.63) is 36.0 Å². The van der Waals surface area contributed by atoms with Crippen molar-refractivity contribution < 1.29 is 9.63 Å².